The van der Waals surface area contributed by atoms with Gasteiger partial charge in [-0.1, -0.05) is 19.8 Å². The molecule has 154 valence electrons. The second kappa shape index (κ2) is 9.26. The van der Waals surface area contributed by atoms with E-state index in [0.29, 0.717) is 24.9 Å². The average molecular weight is 379 g/mol. The van der Waals surface area contributed by atoms with Crippen LogP contribution in [0.1, 0.15) is 59.3 Å². The summed E-state index contributed by atoms with van der Waals surface area (Å²) in [5.74, 6) is 1.59. The van der Waals surface area contributed by atoms with E-state index in [2.05, 4.69) is 22.0 Å². The highest BCUT2D eigenvalue weighted by Gasteiger charge is 2.39. The maximum absolute atomic E-state index is 13.4. The lowest BCUT2D eigenvalue weighted by atomic mass is 9.92. The Morgan fingerprint density at radius 3 is 2.00 bits per heavy atom. The van der Waals surface area contributed by atoms with Gasteiger partial charge in [-0.2, -0.15) is 0 Å². The molecule has 6 nitrogen and oxygen atoms in total. The van der Waals surface area contributed by atoms with E-state index in [1.807, 2.05) is 18.7 Å². The van der Waals surface area contributed by atoms with E-state index < -0.39 is 0 Å². The number of amides is 3. The third kappa shape index (κ3) is 5.15. The molecule has 2 saturated heterocycles. The van der Waals surface area contributed by atoms with Crippen LogP contribution in [0, 0.1) is 11.8 Å². The van der Waals surface area contributed by atoms with Crippen molar-refractivity contribution < 1.29 is 9.59 Å². The maximum atomic E-state index is 13.4. The van der Waals surface area contributed by atoms with Crippen molar-refractivity contribution in [3.05, 3.63) is 0 Å². The molecule has 0 bridgehead atoms. The first-order valence-corrected chi connectivity index (χ1v) is 11.0. The monoisotopic (exact) mass is 378 g/mol. The molecule has 3 amide bonds. The summed E-state index contributed by atoms with van der Waals surface area (Å²) in [6.07, 6.45) is 7.12. The summed E-state index contributed by atoms with van der Waals surface area (Å²) in [6.45, 7) is 11.1. The van der Waals surface area contributed by atoms with E-state index in [4.69, 9.17) is 0 Å². The van der Waals surface area contributed by atoms with Gasteiger partial charge in [-0.15, -0.1) is 0 Å². The Balaban J connectivity index is 1.62. The van der Waals surface area contributed by atoms with Crippen LogP contribution in [-0.4, -0.2) is 78.0 Å². The fraction of sp³-hybridized carbons (Fsp3) is 0.905. The van der Waals surface area contributed by atoms with Crippen molar-refractivity contribution in [3.63, 3.8) is 0 Å². The van der Waals surface area contributed by atoms with Crippen molar-refractivity contribution in [3.8, 4) is 0 Å². The second-order valence-electron chi connectivity index (χ2n) is 9.12. The molecule has 1 unspecified atom stereocenters. The Morgan fingerprint density at radius 2 is 1.44 bits per heavy atom. The zero-order valence-electron chi connectivity index (χ0n) is 17.5. The normalized spacial score (nSPS) is 24.4. The van der Waals surface area contributed by atoms with Crippen LogP contribution in [0.25, 0.3) is 0 Å². The van der Waals surface area contributed by atoms with Gasteiger partial charge >= 0.3 is 6.03 Å². The highest BCUT2D eigenvalue weighted by Crippen LogP contribution is 2.32. The molecule has 3 fully saturated rings. The summed E-state index contributed by atoms with van der Waals surface area (Å²) in [5, 5.41) is 2.98. The Labute approximate surface area is 164 Å². The molecule has 6 heteroatoms. The summed E-state index contributed by atoms with van der Waals surface area (Å²) < 4.78 is 0. The van der Waals surface area contributed by atoms with E-state index in [-0.39, 0.29) is 18.1 Å². The summed E-state index contributed by atoms with van der Waals surface area (Å²) in [7, 11) is 0. The van der Waals surface area contributed by atoms with Crippen LogP contribution in [0.2, 0.25) is 0 Å². The van der Waals surface area contributed by atoms with Crippen LogP contribution in [0.4, 0.5) is 4.79 Å². The predicted molar refractivity (Wildman–Crippen MR) is 108 cm³/mol. The van der Waals surface area contributed by atoms with Gasteiger partial charge in [-0.05, 0) is 51.4 Å². The van der Waals surface area contributed by atoms with Crippen LogP contribution in [0.3, 0.4) is 0 Å². The Morgan fingerprint density at radius 1 is 0.852 bits per heavy atom. The summed E-state index contributed by atoms with van der Waals surface area (Å²) in [6, 6.07) is 0.208. The van der Waals surface area contributed by atoms with Gasteiger partial charge in [0.05, 0.1) is 6.04 Å². The molecule has 0 aromatic carbocycles. The van der Waals surface area contributed by atoms with Crippen LogP contribution in [0.5, 0.6) is 0 Å². The first-order chi connectivity index (χ1) is 13.0. The van der Waals surface area contributed by atoms with Gasteiger partial charge in [0.15, 0.2) is 0 Å². The van der Waals surface area contributed by atoms with Gasteiger partial charge < -0.3 is 15.1 Å². The Bertz CT molecular complexity index is 502. The third-order valence-electron chi connectivity index (χ3n) is 6.60. The standard InChI is InChI=1S/C21H38N4O2/c1-16(2)22-21(27)25-14-12-23(13-15-25)19(18-6-4-5-7-18)20(26)24-10-8-17(3)9-11-24/h16-19H,4-15H2,1-3H3,(H,22,27). The lowest BCUT2D eigenvalue weighted by molar-refractivity contribution is -0.141. The lowest BCUT2D eigenvalue weighted by Crippen LogP contribution is -2.60. The van der Waals surface area contributed by atoms with Crippen LogP contribution in [-0.2, 0) is 4.79 Å². The Hall–Kier alpha value is -1.30. The van der Waals surface area contributed by atoms with Crippen LogP contribution < -0.4 is 5.32 Å². The SMILES string of the molecule is CC1CCN(C(=O)C(C2CCCC2)N2CCN(C(=O)NC(C)C)CC2)CC1. The number of carbonyl (C=O) groups excluding carboxylic acids is 2. The van der Waals surface area contributed by atoms with Crippen molar-refractivity contribution in [1.82, 2.24) is 20.0 Å². The molecule has 1 atom stereocenters. The van der Waals surface area contributed by atoms with E-state index in [1.165, 1.54) is 25.7 Å². The number of rotatable bonds is 4. The van der Waals surface area contributed by atoms with E-state index in [9.17, 15) is 9.59 Å². The molecule has 0 spiro atoms. The molecule has 27 heavy (non-hydrogen) atoms. The van der Waals surface area contributed by atoms with E-state index in [1.54, 1.807) is 0 Å². The molecule has 1 saturated carbocycles. The van der Waals surface area contributed by atoms with Crippen molar-refractivity contribution in [2.45, 2.75) is 71.4 Å². The number of nitrogens with one attached hydrogen (secondary N) is 1. The maximum Gasteiger partial charge on any atom is 0.317 e. The van der Waals surface area contributed by atoms with Crippen molar-refractivity contribution in [2.75, 3.05) is 39.3 Å². The molecule has 3 rings (SSSR count). The smallest absolute Gasteiger partial charge is 0.317 e. The van der Waals surface area contributed by atoms with Gasteiger partial charge in [-0.25, -0.2) is 4.79 Å². The van der Waals surface area contributed by atoms with E-state index in [0.717, 1.165) is 44.9 Å². The topological polar surface area (TPSA) is 55.9 Å². The van der Waals surface area contributed by atoms with Gasteiger partial charge in [0.25, 0.3) is 0 Å². The third-order valence-corrected chi connectivity index (χ3v) is 6.60. The number of hydrogen-bond donors (Lipinski definition) is 1. The number of urea groups is 1. The minimum absolute atomic E-state index is 0.0243. The number of piperidine rings is 1. The molecule has 0 radical (unpaired) electrons. The van der Waals surface area contributed by atoms with Gasteiger partial charge in [0.1, 0.15) is 0 Å². The zero-order valence-corrected chi connectivity index (χ0v) is 17.5. The molecule has 2 heterocycles. The molecular formula is C21H38N4O2. The van der Waals surface area contributed by atoms with E-state index >= 15 is 0 Å². The highest BCUT2D eigenvalue weighted by molar-refractivity contribution is 5.82. The van der Waals surface area contributed by atoms with Gasteiger partial charge in [-0.3, -0.25) is 9.69 Å². The zero-order chi connectivity index (χ0) is 19.4. The molecule has 1 N–H and O–H groups in total. The Kier molecular flexibility index (Phi) is 7.01. The number of likely N-dealkylation sites (tertiary alicyclic amines) is 1. The number of hydrogen-bond acceptors (Lipinski definition) is 3. The number of nitrogens with zero attached hydrogens (tertiary/aromatic N) is 3. The summed E-state index contributed by atoms with van der Waals surface area (Å²) in [4.78, 5) is 32.1. The van der Waals surface area contributed by atoms with Crippen molar-refractivity contribution in [2.24, 2.45) is 11.8 Å². The highest BCUT2D eigenvalue weighted by atomic mass is 16.2. The number of carbonyl (C=O) groups is 2. The van der Waals surface area contributed by atoms with Crippen molar-refractivity contribution >= 4 is 11.9 Å². The molecule has 3 aliphatic rings. The molecule has 1 aliphatic carbocycles. The van der Waals surface area contributed by atoms with Crippen LogP contribution in [0.15, 0.2) is 0 Å². The average Bonchev–Trinajstić information content (AvgIpc) is 3.16. The summed E-state index contributed by atoms with van der Waals surface area (Å²) >= 11 is 0. The predicted octanol–water partition coefficient (Wildman–Crippen LogP) is 2.54. The minimum atomic E-state index is 0.0243. The largest absolute Gasteiger partial charge is 0.341 e. The molecule has 0 aromatic rings. The molecule has 0 aromatic heterocycles. The minimum Gasteiger partial charge on any atom is -0.341 e. The van der Waals surface area contributed by atoms with Crippen LogP contribution >= 0.6 is 0 Å². The fourth-order valence-corrected chi connectivity index (χ4v) is 4.89. The first-order valence-electron chi connectivity index (χ1n) is 11.0. The number of piperazine rings is 1. The fourth-order valence-electron chi connectivity index (χ4n) is 4.89. The first kappa shape index (κ1) is 20.4. The summed E-state index contributed by atoms with van der Waals surface area (Å²) in [5.41, 5.74) is 0. The second-order valence-corrected chi connectivity index (χ2v) is 9.12. The van der Waals surface area contributed by atoms with Gasteiger partial charge in [0.2, 0.25) is 5.91 Å². The molecular weight excluding hydrogens is 340 g/mol. The molecule has 2 aliphatic heterocycles. The quantitative estimate of drug-likeness (QED) is 0.818. The lowest BCUT2D eigenvalue weighted by Gasteiger charge is -2.43. The van der Waals surface area contributed by atoms with Gasteiger partial charge in [0, 0.05) is 45.3 Å². The van der Waals surface area contributed by atoms with Crippen molar-refractivity contribution in [1.29, 1.82) is 0 Å².